The average molecular weight is 550 g/mol. The van der Waals surface area contributed by atoms with Crippen LogP contribution in [0.1, 0.15) is 41.4 Å². The van der Waals surface area contributed by atoms with Crippen molar-refractivity contribution >= 4 is 23.1 Å². The molecule has 5 aromatic rings. The van der Waals surface area contributed by atoms with Crippen molar-refractivity contribution in [2.45, 2.75) is 32.7 Å². The Kier molecular flexibility index (Phi) is 7.16. The van der Waals surface area contributed by atoms with E-state index in [1.165, 1.54) is 12.1 Å². The summed E-state index contributed by atoms with van der Waals surface area (Å²) in [7, 11) is 1.93. The van der Waals surface area contributed by atoms with Crippen LogP contribution in [0.3, 0.4) is 0 Å². The highest BCUT2D eigenvalue weighted by Crippen LogP contribution is 2.32. The number of aromatic nitrogens is 5. The number of nitrogens with one attached hydrogen (secondary N) is 2. The minimum absolute atomic E-state index is 0.109. The van der Waals surface area contributed by atoms with Crippen LogP contribution in [0.15, 0.2) is 73.1 Å². The molecule has 5 rings (SSSR count). The molecule has 3 heterocycles. The maximum atomic E-state index is 13.5. The van der Waals surface area contributed by atoms with E-state index in [1.807, 2.05) is 62.2 Å². The molecule has 3 aromatic heterocycles. The lowest BCUT2D eigenvalue weighted by molar-refractivity contribution is -0.274. The van der Waals surface area contributed by atoms with E-state index in [9.17, 15) is 18.0 Å². The number of rotatable bonds is 8. The molecule has 0 atom stereocenters. The predicted octanol–water partition coefficient (Wildman–Crippen LogP) is 6.03. The monoisotopic (exact) mass is 549 g/mol. The molecule has 0 saturated heterocycles. The van der Waals surface area contributed by atoms with Gasteiger partial charge in [0.25, 0.3) is 5.91 Å². The number of aromatic amines is 1. The van der Waals surface area contributed by atoms with E-state index < -0.39 is 18.0 Å². The number of hydrogen-bond donors (Lipinski definition) is 2. The van der Waals surface area contributed by atoms with Gasteiger partial charge < -0.3 is 15.0 Å². The molecule has 40 heavy (non-hydrogen) atoms. The smallest absolute Gasteiger partial charge is 0.406 e. The van der Waals surface area contributed by atoms with E-state index in [-0.39, 0.29) is 17.3 Å². The molecule has 9 nitrogen and oxygen atoms in total. The van der Waals surface area contributed by atoms with Crippen LogP contribution in [0.4, 0.5) is 24.7 Å². The third kappa shape index (κ3) is 5.75. The Labute approximate surface area is 227 Å². The predicted molar refractivity (Wildman–Crippen MR) is 144 cm³/mol. The average Bonchev–Trinajstić information content (AvgIpc) is 3.56. The van der Waals surface area contributed by atoms with Crippen LogP contribution in [0.5, 0.6) is 5.75 Å². The van der Waals surface area contributed by atoms with E-state index in [0.717, 1.165) is 23.3 Å². The molecule has 1 amide bonds. The number of carbonyl (C=O) groups excluding carboxylic acids is 1. The van der Waals surface area contributed by atoms with Crippen molar-refractivity contribution in [3.63, 3.8) is 0 Å². The van der Waals surface area contributed by atoms with Gasteiger partial charge in [-0.15, -0.1) is 13.2 Å². The van der Waals surface area contributed by atoms with Crippen molar-refractivity contribution in [2.24, 2.45) is 0 Å². The summed E-state index contributed by atoms with van der Waals surface area (Å²) in [6, 6.07) is 16.9. The lowest BCUT2D eigenvalue weighted by atomic mass is 10.0. The van der Waals surface area contributed by atoms with Gasteiger partial charge in [-0.1, -0.05) is 50.2 Å². The number of ether oxygens (including phenoxy) is 1. The molecule has 0 saturated carbocycles. The fourth-order valence-electron chi connectivity index (χ4n) is 4.41. The van der Waals surface area contributed by atoms with E-state index in [0.29, 0.717) is 29.3 Å². The topological polar surface area (TPSA) is 100 Å². The highest BCUT2D eigenvalue weighted by Gasteiger charge is 2.31. The number of alkyl halides is 3. The van der Waals surface area contributed by atoms with Gasteiger partial charge in [-0.25, -0.2) is 9.50 Å². The van der Waals surface area contributed by atoms with Crippen molar-refractivity contribution in [3.05, 3.63) is 89.9 Å². The molecule has 0 unspecified atom stereocenters. The highest BCUT2D eigenvalue weighted by molar-refractivity contribution is 6.05. The fourth-order valence-corrected chi connectivity index (χ4v) is 4.41. The number of fused-ring (bicyclic) bond motifs is 1. The quantitative estimate of drug-likeness (QED) is 0.245. The molecule has 0 fully saturated rings. The SMILES string of the molecule is CC(C)c1c(C(=O)Nc2cccc(OC(F)(F)F)c2)nn2c(-c3cn[nH]c3)cc(N(C)Cc3ccccc3)nc12. The summed E-state index contributed by atoms with van der Waals surface area (Å²) >= 11 is 0. The van der Waals surface area contributed by atoms with E-state index in [2.05, 4.69) is 25.3 Å². The van der Waals surface area contributed by atoms with Crippen molar-refractivity contribution < 1.29 is 22.7 Å². The maximum absolute atomic E-state index is 13.5. The summed E-state index contributed by atoms with van der Waals surface area (Å²) in [6.07, 6.45) is -1.48. The van der Waals surface area contributed by atoms with Gasteiger partial charge >= 0.3 is 6.36 Å². The molecule has 0 spiro atoms. The number of hydrogen-bond acceptors (Lipinski definition) is 6. The van der Waals surface area contributed by atoms with Crippen LogP contribution in [0.2, 0.25) is 0 Å². The molecule has 2 N–H and O–H groups in total. The van der Waals surface area contributed by atoms with Gasteiger partial charge in [-0.2, -0.15) is 10.2 Å². The summed E-state index contributed by atoms with van der Waals surface area (Å²) in [5, 5.41) is 14.1. The first-order chi connectivity index (χ1) is 19.1. The number of anilines is 2. The minimum Gasteiger partial charge on any atom is -0.406 e. The second-order valence-corrected chi connectivity index (χ2v) is 9.51. The number of carbonyl (C=O) groups is 1. The van der Waals surface area contributed by atoms with Gasteiger partial charge in [0, 0.05) is 48.7 Å². The zero-order chi connectivity index (χ0) is 28.4. The van der Waals surface area contributed by atoms with Crippen LogP contribution in [0, 0.1) is 0 Å². The first-order valence-corrected chi connectivity index (χ1v) is 12.4. The van der Waals surface area contributed by atoms with Crippen LogP contribution in [-0.2, 0) is 6.54 Å². The maximum Gasteiger partial charge on any atom is 0.573 e. The number of halogens is 3. The Bertz CT molecular complexity index is 1630. The molecule has 0 aliphatic rings. The summed E-state index contributed by atoms with van der Waals surface area (Å²) < 4.78 is 43.6. The number of nitrogens with zero attached hydrogens (tertiary/aromatic N) is 5. The molecule has 0 radical (unpaired) electrons. The minimum atomic E-state index is -4.85. The third-order valence-corrected chi connectivity index (χ3v) is 6.18. The Morgan fingerprint density at radius 2 is 1.90 bits per heavy atom. The molecule has 12 heteroatoms. The number of benzene rings is 2. The second kappa shape index (κ2) is 10.7. The van der Waals surface area contributed by atoms with Crippen LogP contribution < -0.4 is 15.0 Å². The molecule has 0 bridgehead atoms. The lowest BCUT2D eigenvalue weighted by Crippen LogP contribution is -2.18. The van der Waals surface area contributed by atoms with Crippen LogP contribution in [-0.4, -0.2) is 44.1 Å². The van der Waals surface area contributed by atoms with E-state index in [4.69, 9.17) is 4.98 Å². The molecular formula is C28H26F3N7O2. The molecule has 2 aromatic carbocycles. The van der Waals surface area contributed by atoms with Crippen molar-refractivity contribution in [1.29, 1.82) is 0 Å². The molecular weight excluding hydrogens is 523 g/mol. The zero-order valence-electron chi connectivity index (χ0n) is 21.9. The standard InChI is InChI=1S/C28H26F3N7O2/c1-17(2)24-25(27(39)34-20-10-7-11-21(12-20)40-28(29,30)31)36-38-22(19-14-32-33-15-19)13-23(35-26(24)38)37(3)16-18-8-5-4-6-9-18/h4-15,17H,16H2,1-3H3,(H,32,33)(H,34,39). The van der Waals surface area contributed by atoms with Gasteiger partial charge in [-0.05, 0) is 23.6 Å². The van der Waals surface area contributed by atoms with Crippen molar-refractivity contribution in [3.8, 4) is 17.0 Å². The second-order valence-electron chi connectivity index (χ2n) is 9.51. The van der Waals surface area contributed by atoms with Crippen molar-refractivity contribution in [2.75, 3.05) is 17.3 Å². The van der Waals surface area contributed by atoms with Gasteiger partial charge in [0.2, 0.25) is 0 Å². The number of H-pyrrole nitrogens is 1. The van der Waals surface area contributed by atoms with Gasteiger partial charge in [0.05, 0.1) is 11.9 Å². The Morgan fingerprint density at radius 1 is 1.12 bits per heavy atom. The van der Waals surface area contributed by atoms with Gasteiger partial charge in [0.1, 0.15) is 11.6 Å². The van der Waals surface area contributed by atoms with Gasteiger partial charge in [0.15, 0.2) is 11.3 Å². The Hall–Kier alpha value is -4.87. The lowest BCUT2D eigenvalue weighted by Gasteiger charge is -2.20. The van der Waals surface area contributed by atoms with E-state index >= 15 is 0 Å². The highest BCUT2D eigenvalue weighted by atomic mass is 19.4. The number of amides is 1. The van der Waals surface area contributed by atoms with Crippen LogP contribution in [0.25, 0.3) is 16.9 Å². The third-order valence-electron chi connectivity index (χ3n) is 6.18. The molecule has 206 valence electrons. The first kappa shape index (κ1) is 26.7. The van der Waals surface area contributed by atoms with Crippen molar-refractivity contribution in [1.82, 2.24) is 24.8 Å². The Morgan fingerprint density at radius 3 is 2.58 bits per heavy atom. The summed E-state index contributed by atoms with van der Waals surface area (Å²) in [6.45, 7) is 4.44. The fraction of sp³-hybridized carbons (Fsp3) is 0.214. The molecule has 0 aliphatic heterocycles. The van der Waals surface area contributed by atoms with Gasteiger partial charge in [-0.3, -0.25) is 9.89 Å². The van der Waals surface area contributed by atoms with Crippen LogP contribution >= 0.6 is 0 Å². The Balaban J connectivity index is 1.57. The normalized spacial score (nSPS) is 11.7. The summed E-state index contributed by atoms with van der Waals surface area (Å²) in [5.41, 5.74) is 3.83. The summed E-state index contributed by atoms with van der Waals surface area (Å²) in [5.74, 6) is -0.522. The first-order valence-electron chi connectivity index (χ1n) is 12.4. The largest absolute Gasteiger partial charge is 0.573 e. The summed E-state index contributed by atoms with van der Waals surface area (Å²) in [4.78, 5) is 20.4. The van der Waals surface area contributed by atoms with E-state index in [1.54, 1.807) is 16.9 Å². The zero-order valence-corrected chi connectivity index (χ0v) is 21.9. The molecule has 0 aliphatic carbocycles.